The Kier molecular flexibility index (Phi) is 7.14. The molecule has 0 bridgehead atoms. The van der Waals surface area contributed by atoms with E-state index in [0.29, 0.717) is 11.1 Å². The predicted octanol–water partition coefficient (Wildman–Crippen LogP) is 3.99. The molecule has 0 aliphatic heterocycles. The quantitative estimate of drug-likeness (QED) is 0.425. The molecule has 0 spiro atoms. The van der Waals surface area contributed by atoms with Crippen LogP contribution in [0.25, 0.3) is 0 Å². The fraction of sp³-hybridized carbons (Fsp3) is 0.294. The fourth-order valence-corrected chi connectivity index (χ4v) is 4.99. The Morgan fingerprint density at radius 3 is 2.29 bits per heavy atom. The number of nitrogens with zero attached hydrogens (tertiary/aromatic N) is 1. The highest BCUT2D eigenvalue weighted by Crippen LogP contribution is 2.47. The van der Waals surface area contributed by atoms with Crippen molar-refractivity contribution in [3.8, 4) is 0 Å². The van der Waals surface area contributed by atoms with Gasteiger partial charge in [-0.05, 0) is 47.5 Å². The van der Waals surface area contributed by atoms with Crippen molar-refractivity contribution < 1.29 is 32.5 Å². The van der Waals surface area contributed by atoms with Crippen LogP contribution in [-0.4, -0.2) is 32.6 Å². The second-order valence-corrected chi connectivity index (χ2v) is 9.72. The van der Waals surface area contributed by atoms with E-state index in [0.717, 1.165) is 0 Å². The fourth-order valence-electron chi connectivity index (χ4n) is 2.56. The first-order valence-corrected chi connectivity index (χ1v) is 10.9. The van der Waals surface area contributed by atoms with Crippen LogP contribution in [0.15, 0.2) is 47.5 Å². The normalized spacial score (nSPS) is 15.0. The van der Waals surface area contributed by atoms with Gasteiger partial charge in [0.2, 0.25) is 7.37 Å². The van der Waals surface area contributed by atoms with Crippen LogP contribution in [0.2, 0.25) is 0 Å². The molecule has 0 aliphatic carbocycles. The minimum absolute atomic E-state index is 0.00826. The van der Waals surface area contributed by atoms with Gasteiger partial charge < -0.3 is 15.7 Å². The van der Waals surface area contributed by atoms with Gasteiger partial charge in [-0.25, -0.2) is 4.98 Å². The lowest BCUT2D eigenvalue weighted by Crippen LogP contribution is -2.21. The summed E-state index contributed by atoms with van der Waals surface area (Å²) < 4.78 is 49.6. The molecular weight excluding hydrogens is 416 g/mol. The van der Waals surface area contributed by atoms with Gasteiger partial charge in [-0.2, -0.15) is 13.2 Å². The van der Waals surface area contributed by atoms with Crippen LogP contribution < -0.4 is 5.73 Å². The number of anilines is 1. The minimum Gasteiger partial charge on any atom is -0.481 e. The third-order valence-corrected chi connectivity index (χ3v) is 6.38. The zero-order valence-corrected chi connectivity index (χ0v) is 16.2. The monoisotopic (exact) mass is 434 g/mol. The summed E-state index contributed by atoms with van der Waals surface area (Å²) in [6, 6.07) is 8.18. The zero-order valence-electron chi connectivity index (χ0n) is 14.5. The standard InChI is InChI=1S/C17H18F3N2O4PS/c18-17(19,20)28-14-4-1-11(2-5-14)9-27(25,26)10-13(16(23)24)7-12-3-6-15(21)22-8-12/h1-6,8,13H,7,9-10H2,(H2,21,22)(H,23,24)(H,25,26). The van der Waals surface area contributed by atoms with Gasteiger partial charge in [0.1, 0.15) is 5.82 Å². The number of hydrogen-bond acceptors (Lipinski definition) is 5. The highest BCUT2D eigenvalue weighted by Gasteiger charge is 2.31. The van der Waals surface area contributed by atoms with Gasteiger partial charge in [-0.1, -0.05) is 18.2 Å². The molecule has 4 N–H and O–H groups in total. The van der Waals surface area contributed by atoms with Crippen LogP contribution >= 0.6 is 19.1 Å². The van der Waals surface area contributed by atoms with Gasteiger partial charge in [0.15, 0.2) is 0 Å². The minimum atomic E-state index is -4.42. The van der Waals surface area contributed by atoms with E-state index in [1.54, 1.807) is 6.07 Å². The maximum Gasteiger partial charge on any atom is 0.446 e. The van der Waals surface area contributed by atoms with E-state index in [1.165, 1.54) is 36.5 Å². The number of aromatic nitrogens is 1. The van der Waals surface area contributed by atoms with Gasteiger partial charge in [0, 0.05) is 23.4 Å². The molecule has 11 heteroatoms. The molecule has 0 saturated heterocycles. The molecule has 0 radical (unpaired) electrons. The number of benzene rings is 1. The lowest BCUT2D eigenvalue weighted by Gasteiger charge is -2.18. The second-order valence-electron chi connectivity index (χ2n) is 6.21. The molecule has 0 aliphatic rings. The van der Waals surface area contributed by atoms with E-state index in [2.05, 4.69) is 4.98 Å². The molecule has 1 aromatic carbocycles. The molecule has 2 unspecified atom stereocenters. The topological polar surface area (TPSA) is 114 Å². The van der Waals surface area contributed by atoms with Crippen LogP contribution in [0, 0.1) is 5.92 Å². The molecule has 2 aromatic rings. The maximum absolute atomic E-state index is 12.5. The van der Waals surface area contributed by atoms with Gasteiger partial charge in [0.25, 0.3) is 0 Å². The van der Waals surface area contributed by atoms with Crippen LogP contribution in [-0.2, 0) is 21.9 Å². The molecule has 2 atom stereocenters. The van der Waals surface area contributed by atoms with Crippen molar-refractivity contribution in [2.45, 2.75) is 23.0 Å². The average molecular weight is 434 g/mol. The second kappa shape index (κ2) is 8.98. The number of rotatable bonds is 8. The highest BCUT2D eigenvalue weighted by atomic mass is 32.2. The Balaban J connectivity index is 2.04. The Morgan fingerprint density at radius 1 is 1.18 bits per heavy atom. The number of carbonyl (C=O) groups is 1. The highest BCUT2D eigenvalue weighted by molar-refractivity contribution is 8.00. The number of carboxylic acid groups (broad SMARTS) is 1. The van der Waals surface area contributed by atoms with Crippen molar-refractivity contribution in [2.75, 3.05) is 11.9 Å². The summed E-state index contributed by atoms with van der Waals surface area (Å²) in [6.07, 6.45) is 0.623. The van der Waals surface area contributed by atoms with Crippen molar-refractivity contribution in [1.82, 2.24) is 4.98 Å². The number of carboxylic acids is 1. The third-order valence-electron chi connectivity index (χ3n) is 3.77. The molecule has 152 valence electrons. The molecule has 28 heavy (non-hydrogen) atoms. The summed E-state index contributed by atoms with van der Waals surface area (Å²) in [5, 5.41) is 9.38. The summed E-state index contributed by atoms with van der Waals surface area (Å²) in [5.74, 6) is -2.06. The van der Waals surface area contributed by atoms with Crippen molar-refractivity contribution in [3.63, 3.8) is 0 Å². The van der Waals surface area contributed by atoms with Crippen LogP contribution in [0.1, 0.15) is 11.1 Å². The smallest absolute Gasteiger partial charge is 0.446 e. The number of thioether (sulfide) groups is 1. The summed E-state index contributed by atoms with van der Waals surface area (Å²) >= 11 is -0.280. The summed E-state index contributed by atoms with van der Waals surface area (Å²) in [6.45, 7) is 0. The molecule has 0 saturated carbocycles. The lowest BCUT2D eigenvalue weighted by molar-refractivity contribution is -0.141. The summed E-state index contributed by atoms with van der Waals surface area (Å²) in [4.78, 5) is 25.6. The van der Waals surface area contributed by atoms with Crippen molar-refractivity contribution >= 4 is 30.9 Å². The Labute approximate surface area is 163 Å². The predicted molar refractivity (Wildman–Crippen MR) is 100 cm³/mol. The number of pyridine rings is 1. The number of aliphatic carboxylic acids is 1. The Bertz CT molecular complexity index is 860. The first-order valence-electron chi connectivity index (χ1n) is 8.02. The number of nitrogen functional groups attached to an aromatic ring is 1. The Hall–Kier alpha value is -2.03. The average Bonchev–Trinajstić information content (AvgIpc) is 2.56. The molecular formula is C17H18F3N2O4PS. The first kappa shape index (κ1) is 22.3. The van der Waals surface area contributed by atoms with E-state index in [4.69, 9.17) is 5.73 Å². The Morgan fingerprint density at radius 2 is 1.79 bits per heavy atom. The zero-order chi connectivity index (χ0) is 20.9. The van der Waals surface area contributed by atoms with Gasteiger partial charge in [0.05, 0.1) is 5.92 Å². The number of hydrogen-bond donors (Lipinski definition) is 3. The molecule has 0 fully saturated rings. The molecule has 6 nitrogen and oxygen atoms in total. The first-order chi connectivity index (χ1) is 12.9. The van der Waals surface area contributed by atoms with E-state index in [9.17, 15) is 32.5 Å². The number of nitrogens with two attached hydrogens (primary N) is 1. The SMILES string of the molecule is Nc1ccc(CC(CP(=O)(O)Cc2ccc(SC(F)(F)F)cc2)C(=O)O)cn1. The molecule has 1 heterocycles. The summed E-state index contributed by atoms with van der Waals surface area (Å²) in [7, 11) is -3.88. The van der Waals surface area contributed by atoms with Gasteiger partial charge in [-0.15, -0.1) is 0 Å². The van der Waals surface area contributed by atoms with Crippen LogP contribution in [0.4, 0.5) is 19.0 Å². The molecule has 0 amide bonds. The van der Waals surface area contributed by atoms with E-state index in [-0.39, 0.29) is 35.1 Å². The largest absolute Gasteiger partial charge is 0.481 e. The van der Waals surface area contributed by atoms with Crippen molar-refractivity contribution in [2.24, 2.45) is 5.92 Å². The number of alkyl halides is 3. The van der Waals surface area contributed by atoms with Crippen molar-refractivity contribution in [1.29, 1.82) is 0 Å². The van der Waals surface area contributed by atoms with Crippen LogP contribution in [0.3, 0.4) is 0 Å². The van der Waals surface area contributed by atoms with Gasteiger partial charge in [-0.3, -0.25) is 9.36 Å². The number of halogens is 3. The van der Waals surface area contributed by atoms with E-state index in [1.807, 2.05) is 0 Å². The summed E-state index contributed by atoms with van der Waals surface area (Å²) in [5.41, 5.74) is 1.98. The van der Waals surface area contributed by atoms with Crippen molar-refractivity contribution in [3.05, 3.63) is 53.7 Å². The lowest BCUT2D eigenvalue weighted by atomic mass is 10.0. The maximum atomic E-state index is 12.5. The van der Waals surface area contributed by atoms with Crippen LogP contribution in [0.5, 0.6) is 0 Å². The van der Waals surface area contributed by atoms with E-state index >= 15 is 0 Å². The van der Waals surface area contributed by atoms with Gasteiger partial charge >= 0.3 is 11.5 Å². The molecule has 1 aromatic heterocycles. The van der Waals surface area contributed by atoms with E-state index < -0.39 is 30.9 Å². The third kappa shape index (κ3) is 7.53. The molecule has 2 rings (SSSR count).